The first-order valence-corrected chi connectivity index (χ1v) is 9.23. The van der Waals surface area contributed by atoms with Crippen LogP contribution in [0.3, 0.4) is 0 Å². The van der Waals surface area contributed by atoms with Crippen LogP contribution in [-0.2, 0) is 19.2 Å². The molecule has 27 heavy (non-hydrogen) atoms. The molecule has 1 aliphatic heterocycles. The van der Waals surface area contributed by atoms with E-state index in [4.69, 9.17) is 4.74 Å². The van der Waals surface area contributed by atoms with Crippen LogP contribution in [0.25, 0.3) is 0 Å². The van der Waals surface area contributed by atoms with Crippen molar-refractivity contribution in [1.29, 1.82) is 0 Å². The Labute approximate surface area is 162 Å². The minimum Gasteiger partial charge on any atom is -0.444 e. The summed E-state index contributed by atoms with van der Waals surface area (Å²) in [5, 5.41) is 11.1. The summed E-state index contributed by atoms with van der Waals surface area (Å²) < 4.78 is 5.30. The quantitative estimate of drug-likeness (QED) is 0.823. The van der Waals surface area contributed by atoms with Crippen molar-refractivity contribution in [2.45, 2.75) is 45.1 Å². The number of hydrogen-bond acceptors (Lipinski definition) is 6. The Kier molecular flexibility index (Phi) is 6.15. The molecule has 1 aliphatic rings. The first kappa shape index (κ1) is 20.8. The molecule has 2 N–H and O–H groups in total. The molecule has 0 spiro atoms. The van der Waals surface area contributed by atoms with Gasteiger partial charge in [0, 0.05) is 13.8 Å². The van der Waals surface area contributed by atoms with E-state index in [-0.39, 0.29) is 23.5 Å². The molecule has 3 amide bonds. The van der Waals surface area contributed by atoms with Crippen LogP contribution in [0.5, 0.6) is 0 Å². The van der Waals surface area contributed by atoms with Gasteiger partial charge in [-0.15, -0.1) is 5.10 Å². The van der Waals surface area contributed by atoms with E-state index in [1.54, 1.807) is 20.8 Å². The molecule has 0 aromatic heterocycles. The molecule has 8 nitrogen and oxygen atoms in total. The molecule has 1 atom stereocenters. The largest absolute Gasteiger partial charge is 0.444 e. The lowest BCUT2D eigenvalue weighted by Gasteiger charge is -2.35. The fourth-order valence-electron chi connectivity index (χ4n) is 2.52. The van der Waals surface area contributed by atoms with Crippen LogP contribution in [-0.4, -0.2) is 40.2 Å². The molecule has 1 aromatic carbocycles. The Hall–Kier alpha value is -2.55. The molecule has 1 heterocycles. The Morgan fingerprint density at radius 2 is 1.81 bits per heavy atom. The lowest BCUT2D eigenvalue weighted by molar-refractivity contribution is -0.132. The van der Waals surface area contributed by atoms with Gasteiger partial charge in [-0.05, 0) is 38.1 Å². The standard InChI is InChI=1S/C18H24N4O4S/c1-12(23)20-15-21-22(13(2)24)18(27-15,14-9-7-6-8-10-14)11-19-16(25)26-17(3,4)5/h6-10H,11H2,1-5H3,(H,19,25)(H,20,21,23). The number of ether oxygens (including phenoxy) is 1. The van der Waals surface area contributed by atoms with Gasteiger partial charge in [0.15, 0.2) is 10.0 Å². The highest BCUT2D eigenvalue weighted by Crippen LogP contribution is 2.45. The van der Waals surface area contributed by atoms with Crippen LogP contribution >= 0.6 is 11.8 Å². The lowest BCUT2D eigenvalue weighted by Crippen LogP contribution is -2.49. The van der Waals surface area contributed by atoms with E-state index in [9.17, 15) is 14.4 Å². The SMILES string of the molecule is CC(=O)NC1=NN(C(C)=O)C(CNC(=O)OC(C)(C)C)(c2ccccc2)S1. The van der Waals surface area contributed by atoms with E-state index in [1.165, 1.54) is 30.6 Å². The first-order valence-electron chi connectivity index (χ1n) is 8.42. The molecule has 1 aromatic rings. The van der Waals surface area contributed by atoms with Gasteiger partial charge in [0.2, 0.25) is 11.8 Å². The van der Waals surface area contributed by atoms with E-state index in [0.29, 0.717) is 0 Å². The van der Waals surface area contributed by atoms with E-state index in [2.05, 4.69) is 15.7 Å². The number of carbonyl (C=O) groups is 3. The number of nitrogens with one attached hydrogen (secondary N) is 2. The summed E-state index contributed by atoms with van der Waals surface area (Å²) in [4.78, 5) is 34.9. The van der Waals surface area contributed by atoms with Gasteiger partial charge in [0.1, 0.15) is 5.60 Å². The van der Waals surface area contributed by atoms with Crippen molar-refractivity contribution in [3.8, 4) is 0 Å². The average Bonchev–Trinajstić information content (AvgIpc) is 2.91. The van der Waals surface area contributed by atoms with Crippen LogP contribution in [0.1, 0.15) is 40.2 Å². The molecule has 146 valence electrons. The summed E-state index contributed by atoms with van der Waals surface area (Å²) in [5.74, 6) is -0.619. The molecule has 0 saturated carbocycles. The second-order valence-electron chi connectivity index (χ2n) is 7.03. The molecule has 2 rings (SSSR count). The molecule has 9 heteroatoms. The highest BCUT2D eigenvalue weighted by atomic mass is 32.2. The fraction of sp³-hybridized carbons (Fsp3) is 0.444. The minimum absolute atomic E-state index is 0.0444. The number of amidine groups is 1. The minimum atomic E-state index is -1.04. The van der Waals surface area contributed by atoms with Crippen LogP contribution in [0.2, 0.25) is 0 Å². The fourth-order valence-corrected chi connectivity index (χ4v) is 3.81. The maximum atomic E-state index is 12.3. The van der Waals surface area contributed by atoms with Crippen molar-refractivity contribution in [2.24, 2.45) is 5.10 Å². The van der Waals surface area contributed by atoms with Crippen LogP contribution in [0.4, 0.5) is 4.79 Å². The topological polar surface area (TPSA) is 100 Å². The van der Waals surface area contributed by atoms with Gasteiger partial charge in [-0.25, -0.2) is 9.80 Å². The third-order valence-electron chi connectivity index (χ3n) is 3.48. The number of amides is 3. The van der Waals surface area contributed by atoms with Gasteiger partial charge in [-0.3, -0.25) is 9.59 Å². The number of thioether (sulfide) groups is 1. The summed E-state index contributed by atoms with van der Waals surface area (Å²) >= 11 is 1.19. The normalized spacial score (nSPS) is 19.3. The van der Waals surface area contributed by atoms with Gasteiger partial charge in [0.25, 0.3) is 0 Å². The monoisotopic (exact) mass is 392 g/mol. The summed E-state index contributed by atoms with van der Waals surface area (Å²) in [6, 6.07) is 9.20. The summed E-state index contributed by atoms with van der Waals surface area (Å²) in [7, 11) is 0. The maximum absolute atomic E-state index is 12.3. The van der Waals surface area contributed by atoms with E-state index < -0.39 is 16.6 Å². The van der Waals surface area contributed by atoms with Crippen molar-refractivity contribution < 1.29 is 19.1 Å². The molecular formula is C18H24N4O4S. The highest BCUT2D eigenvalue weighted by Gasteiger charge is 2.48. The van der Waals surface area contributed by atoms with Crippen LogP contribution in [0.15, 0.2) is 35.4 Å². The second-order valence-corrected chi connectivity index (χ2v) is 8.29. The average molecular weight is 392 g/mol. The third-order valence-corrected chi connectivity index (χ3v) is 4.74. The van der Waals surface area contributed by atoms with Crippen molar-refractivity contribution in [2.75, 3.05) is 6.54 Å². The predicted molar refractivity (Wildman–Crippen MR) is 104 cm³/mol. The number of nitrogens with zero attached hydrogens (tertiary/aromatic N) is 2. The molecule has 0 bridgehead atoms. The molecule has 0 fully saturated rings. The lowest BCUT2D eigenvalue weighted by atomic mass is 10.1. The Morgan fingerprint density at radius 3 is 2.33 bits per heavy atom. The zero-order valence-corrected chi connectivity index (χ0v) is 16.8. The number of alkyl carbamates (subject to hydrolysis) is 1. The zero-order valence-electron chi connectivity index (χ0n) is 16.0. The van der Waals surface area contributed by atoms with E-state index in [1.807, 2.05) is 30.3 Å². The van der Waals surface area contributed by atoms with Gasteiger partial charge in [-0.1, -0.05) is 30.3 Å². The van der Waals surface area contributed by atoms with Crippen molar-refractivity contribution in [3.05, 3.63) is 35.9 Å². The number of benzene rings is 1. The maximum Gasteiger partial charge on any atom is 0.407 e. The molecule has 1 unspecified atom stereocenters. The Balaban J connectivity index is 2.35. The van der Waals surface area contributed by atoms with E-state index >= 15 is 0 Å². The Bertz CT molecular complexity index is 760. The van der Waals surface area contributed by atoms with Gasteiger partial charge in [-0.2, -0.15) is 0 Å². The molecule has 0 radical (unpaired) electrons. The van der Waals surface area contributed by atoms with E-state index in [0.717, 1.165) is 5.56 Å². The zero-order chi connectivity index (χ0) is 20.2. The van der Waals surface area contributed by atoms with Crippen LogP contribution in [0, 0.1) is 0 Å². The number of carbonyl (C=O) groups excluding carboxylic acids is 3. The van der Waals surface area contributed by atoms with Crippen LogP contribution < -0.4 is 10.6 Å². The smallest absolute Gasteiger partial charge is 0.407 e. The highest BCUT2D eigenvalue weighted by molar-refractivity contribution is 8.14. The second kappa shape index (κ2) is 7.99. The van der Waals surface area contributed by atoms with Gasteiger partial charge in [0.05, 0.1) is 6.54 Å². The number of hydrogen-bond donors (Lipinski definition) is 2. The molecular weight excluding hydrogens is 368 g/mol. The predicted octanol–water partition coefficient (Wildman–Crippen LogP) is 2.37. The van der Waals surface area contributed by atoms with Gasteiger partial charge >= 0.3 is 6.09 Å². The third kappa shape index (κ3) is 5.22. The molecule has 0 saturated heterocycles. The van der Waals surface area contributed by atoms with Gasteiger partial charge < -0.3 is 15.4 Å². The summed E-state index contributed by atoms with van der Waals surface area (Å²) in [5.41, 5.74) is 0.107. The first-order chi connectivity index (χ1) is 12.5. The Morgan fingerprint density at radius 1 is 1.19 bits per heavy atom. The van der Waals surface area contributed by atoms with Crippen molar-refractivity contribution >= 4 is 34.8 Å². The number of hydrazone groups is 1. The summed E-state index contributed by atoms with van der Waals surface area (Å²) in [6.07, 6.45) is -0.602. The summed E-state index contributed by atoms with van der Waals surface area (Å²) in [6.45, 7) is 8.09. The van der Waals surface area contributed by atoms with Crippen molar-refractivity contribution in [3.63, 3.8) is 0 Å². The van der Waals surface area contributed by atoms with Crippen molar-refractivity contribution in [1.82, 2.24) is 15.6 Å². The molecule has 0 aliphatic carbocycles. The number of rotatable bonds is 3.